The minimum absolute atomic E-state index is 0.143. The first-order chi connectivity index (χ1) is 11.3. The summed E-state index contributed by atoms with van der Waals surface area (Å²) >= 11 is 0. The summed E-state index contributed by atoms with van der Waals surface area (Å²) in [5, 5.41) is 0. The number of hydrogen-bond acceptors (Lipinski definition) is 5. The van der Waals surface area contributed by atoms with Gasteiger partial charge in [-0.15, -0.1) is 0 Å². The number of likely N-dealkylation sites (tertiary alicyclic amines) is 1. The fourth-order valence-corrected chi connectivity index (χ4v) is 2.64. The van der Waals surface area contributed by atoms with Crippen LogP contribution < -0.4 is 5.73 Å². The molecule has 0 saturated carbocycles. The largest absolute Gasteiger partial charge is 0.459 e. The summed E-state index contributed by atoms with van der Waals surface area (Å²) in [6.45, 7) is 6.46. The summed E-state index contributed by atoms with van der Waals surface area (Å²) in [7, 11) is 0. The third-order valence-corrected chi connectivity index (χ3v) is 4.04. The second-order valence-electron chi connectivity index (χ2n) is 7.20. The Morgan fingerprint density at radius 3 is 2.50 bits per heavy atom. The Hall–Kier alpha value is -2.08. The highest BCUT2D eigenvalue weighted by atomic mass is 16.6. The Labute approximate surface area is 142 Å². The lowest BCUT2D eigenvalue weighted by Crippen LogP contribution is -2.45. The quantitative estimate of drug-likeness (QED) is 0.855. The van der Waals surface area contributed by atoms with Crippen LogP contribution in [0, 0.1) is 5.41 Å². The van der Waals surface area contributed by atoms with Crippen molar-refractivity contribution in [3.63, 3.8) is 0 Å². The Kier molecular flexibility index (Phi) is 5.49. The summed E-state index contributed by atoms with van der Waals surface area (Å²) in [5.41, 5.74) is 5.32. The molecule has 6 heteroatoms. The Morgan fingerprint density at radius 2 is 1.92 bits per heavy atom. The first-order valence-electron chi connectivity index (χ1n) is 8.15. The number of nitrogens with zero attached hydrogens (tertiary/aromatic N) is 1. The Balaban J connectivity index is 1.94. The average molecular weight is 334 g/mol. The average Bonchev–Trinajstić information content (AvgIpc) is 2.98. The van der Waals surface area contributed by atoms with Gasteiger partial charge in [0, 0.05) is 19.6 Å². The lowest BCUT2D eigenvalue weighted by atomic mass is 9.87. The lowest BCUT2D eigenvalue weighted by molar-refractivity contribution is -0.166. The zero-order chi connectivity index (χ0) is 17.8. The van der Waals surface area contributed by atoms with Crippen LogP contribution in [0.2, 0.25) is 0 Å². The highest BCUT2D eigenvalue weighted by Gasteiger charge is 2.47. The van der Waals surface area contributed by atoms with Crippen LogP contribution in [-0.2, 0) is 20.9 Å². The summed E-state index contributed by atoms with van der Waals surface area (Å²) in [5.74, 6) is -0.351. The van der Waals surface area contributed by atoms with Crippen LogP contribution in [0.5, 0.6) is 0 Å². The number of esters is 1. The summed E-state index contributed by atoms with van der Waals surface area (Å²) in [6, 6.07) is 9.47. The van der Waals surface area contributed by atoms with Gasteiger partial charge in [-0.1, -0.05) is 30.3 Å². The van der Waals surface area contributed by atoms with Crippen molar-refractivity contribution in [1.29, 1.82) is 0 Å². The number of hydrogen-bond donors (Lipinski definition) is 1. The molecule has 0 radical (unpaired) electrons. The van der Waals surface area contributed by atoms with Crippen molar-refractivity contribution >= 4 is 12.1 Å². The molecule has 1 aromatic rings. The van der Waals surface area contributed by atoms with Gasteiger partial charge in [0.15, 0.2) is 0 Å². The van der Waals surface area contributed by atoms with Gasteiger partial charge in [-0.2, -0.15) is 0 Å². The van der Waals surface area contributed by atoms with E-state index in [2.05, 4.69) is 0 Å². The predicted molar refractivity (Wildman–Crippen MR) is 90.1 cm³/mol. The molecule has 6 nitrogen and oxygen atoms in total. The molecule has 1 aliphatic rings. The third kappa shape index (κ3) is 4.47. The first kappa shape index (κ1) is 18.3. The highest BCUT2D eigenvalue weighted by molar-refractivity contribution is 5.80. The molecule has 0 unspecified atom stereocenters. The van der Waals surface area contributed by atoms with E-state index >= 15 is 0 Å². The van der Waals surface area contributed by atoms with Gasteiger partial charge in [0.2, 0.25) is 0 Å². The normalized spacial score (nSPS) is 20.8. The maximum absolute atomic E-state index is 12.5. The zero-order valence-electron chi connectivity index (χ0n) is 14.6. The molecule has 132 valence electrons. The molecule has 0 spiro atoms. The van der Waals surface area contributed by atoms with Gasteiger partial charge in [0.25, 0.3) is 0 Å². The summed E-state index contributed by atoms with van der Waals surface area (Å²) < 4.78 is 10.8. The standard InChI is InChI=1S/C18H26N2O4/c1-17(2,3)24-15(21)18(12-19)9-10-20(13-18)16(22)23-11-14-7-5-4-6-8-14/h4-8H,9-13,19H2,1-3H3/t18-/m0/s1. The Morgan fingerprint density at radius 1 is 1.25 bits per heavy atom. The molecule has 1 fully saturated rings. The van der Waals surface area contributed by atoms with E-state index in [9.17, 15) is 9.59 Å². The van der Waals surface area contributed by atoms with E-state index in [0.717, 1.165) is 5.56 Å². The minimum Gasteiger partial charge on any atom is -0.459 e. The lowest BCUT2D eigenvalue weighted by Gasteiger charge is -2.30. The van der Waals surface area contributed by atoms with Crippen LogP contribution in [-0.4, -0.2) is 42.2 Å². The molecule has 24 heavy (non-hydrogen) atoms. The number of carbonyl (C=O) groups is 2. The number of amides is 1. The second-order valence-corrected chi connectivity index (χ2v) is 7.20. The SMILES string of the molecule is CC(C)(C)OC(=O)[C@]1(CN)CCN(C(=O)OCc2ccccc2)C1. The molecule has 0 aliphatic carbocycles. The number of rotatable bonds is 4. The van der Waals surface area contributed by atoms with E-state index in [0.29, 0.717) is 13.0 Å². The van der Waals surface area contributed by atoms with Gasteiger partial charge < -0.3 is 20.1 Å². The van der Waals surface area contributed by atoms with Gasteiger partial charge in [-0.3, -0.25) is 4.79 Å². The van der Waals surface area contributed by atoms with E-state index in [1.807, 2.05) is 51.1 Å². The van der Waals surface area contributed by atoms with E-state index < -0.39 is 17.1 Å². The van der Waals surface area contributed by atoms with Crippen LogP contribution in [0.4, 0.5) is 4.79 Å². The van der Waals surface area contributed by atoms with Crippen molar-refractivity contribution < 1.29 is 19.1 Å². The number of ether oxygens (including phenoxy) is 2. The van der Waals surface area contributed by atoms with Gasteiger partial charge in [0.05, 0.1) is 5.41 Å². The molecule has 1 aromatic carbocycles. The molecule has 0 aromatic heterocycles. The minimum atomic E-state index is -0.848. The summed E-state index contributed by atoms with van der Waals surface area (Å²) in [6.07, 6.45) is 0.0523. The number of carbonyl (C=O) groups excluding carboxylic acids is 2. The van der Waals surface area contributed by atoms with Crippen molar-refractivity contribution in [3.8, 4) is 0 Å². The van der Waals surface area contributed by atoms with E-state index in [1.165, 1.54) is 4.90 Å². The molecular weight excluding hydrogens is 308 g/mol. The third-order valence-electron chi connectivity index (χ3n) is 4.04. The van der Waals surface area contributed by atoms with Crippen molar-refractivity contribution in [2.45, 2.75) is 39.4 Å². The van der Waals surface area contributed by atoms with Crippen LogP contribution in [0.3, 0.4) is 0 Å². The Bertz CT molecular complexity index is 582. The second kappa shape index (κ2) is 7.21. The smallest absolute Gasteiger partial charge is 0.410 e. The van der Waals surface area contributed by atoms with Gasteiger partial charge >= 0.3 is 12.1 Å². The van der Waals surface area contributed by atoms with E-state index in [1.54, 1.807) is 0 Å². The van der Waals surface area contributed by atoms with E-state index in [-0.39, 0.29) is 25.7 Å². The number of benzene rings is 1. The molecule has 1 amide bonds. The topological polar surface area (TPSA) is 81.9 Å². The fourth-order valence-electron chi connectivity index (χ4n) is 2.64. The highest BCUT2D eigenvalue weighted by Crippen LogP contribution is 2.33. The zero-order valence-corrected chi connectivity index (χ0v) is 14.6. The van der Waals surface area contributed by atoms with Crippen LogP contribution >= 0.6 is 0 Å². The molecule has 0 bridgehead atoms. The molecule has 1 aliphatic heterocycles. The molecule has 1 atom stereocenters. The maximum atomic E-state index is 12.5. The monoisotopic (exact) mass is 334 g/mol. The van der Waals surface area contributed by atoms with Crippen LogP contribution in [0.1, 0.15) is 32.8 Å². The molecule has 1 saturated heterocycles. The molecule has 2 rings (SSSR count). The molecule has 2 N–H and O–H groups in total. The maximum Gasteiger partial charge on any atom is 0.410 e. The number of nitrogens with two attached hydrogens (primary N) is 1. The van der Waals surface area contributed by atoms with Crippen molar-refractivity contribution in [3.05, 3.63) is 35.9 Å². The van der Waals surface area contributed by atoms with Crippen molar-refractivity contribution in [1.82, 2.24) is 4.90 Å². The summed E-state index contributed by atoms with van der Waals surface area (Å²) in [4.78, 5) is 26.2. The molecule has 1 heterocycles. The van der Waals surface area contributed by atoms with Gasteiger partial charge in [-0.25, -0.2) is 4.79 Å². The van der Waals surface area contributed by atoms with Gasteiger partial charge in [-0.05, 0) is 32.8 Å². The predicted octanol–water partition coefficient (Wildman–Crippen LogP) is 2.32. The van der Waals surface area contributed by atoms with Crippen LogP contribution in [0.25, 0.3) is 0 Å². The van der Waals surface area contributed by atoms with Crippen molar-refractivity contribution in [2.75, 3.05) is 19.6 Å². The fraction of sp³-hybridized carbons (Fsp3) is 0.556. The molecular formula is C18H26N2O4. The first-order valence-corrected chi connectivity index (χ1v) is 8.15. The van der Waals surface area contributed by atoms with E-state index in [4.69, 9.17) is 15.2 Å². The van der Waals surface area contributed by atoms with Crippen LogP contribution in [0.15, 0.2) is 30.3 Å². The van der Waals surface area contributed by atoms with Crippen molar-refractivity contribution in [2.24, 2.45) is 11.1 Å². The van der Waals surface area contributed by atoms with Gasteiger partial charge in [0.1, 0.15) is 12.2 Å².